The highest BCUT2D eigenvalue weighted by atomic mass is 16.1. The van der Waals surface area contributed by atoms with Crippen LogP contribution in [-0.2, 0) is 13.0 Å². The summed E-state index contributed by atoms with van der Waals surface area (Å²) in [5, 5.41) is 3.30. The number of carbonyl (C=O) groups excluding carboxylic acids is 1. The molecule has 1 aliphatic rings. The van der Waals surface area contributed by atoms with Gasteiger partial charge >= 0.3 is 0 Å². The van der Waals surface area contributed by atoms with Gasteiger partial charge in [0.2, 0.25) is 0 Å². The van der Waals surface area contributed by atoms with Crippen LogP contribution in [0, 0.1) is 0 Å². The van der Waals surface area contributed by atoms with Crippen LogP contribution in [-0.4, -0.2) is 12.3 Å². The lowest BCUT2D eigenvalue weighted by Gasteiger charge is -2.17. The first-order valence-corrected chi connectivity index (χ1v) is 4.61. The van der Waals surface area contributed by atoms with Crippen molar-refractivity contribution in [3.8, 4) is 0 Å². The molecule has 2 nitrogen and oxygen atoms in total. The number of benzene rings is 1. The summed E-state index contributed by atoms with van der Waals surface area (Å²) in [6, 6.07) is 5.99. The summed E-state index contributed by atoms with van der Waals surface area (Å²) >= 11 is 0. The maximum atomic E-state index is 11.1. The van der Waals surface area contributed by atoms with E-state index in [1.54, 1.807) is 6.92 Å². The predicted octanol–water partition coefficient (Wildman–Crippen LogP) is 1.53. The van der Waals surface area contributed by atoms with Crippen LogP contribution in [0.4, 0.5) is 0 Å². The maximum absolute atomic E-state index is 11.1. The second-order valence-electron chi connectivity index (χ2n) is 3.47. The van der Waals surface area contributed by atoms with Crippen LogP contribution in [0.5, 0.6) is 0 Å². The zero-order chi connectivity index (χ0) is 9.26. The lowest BCUT2D eigenvalue weighted by Crippen LogP contribution is -2.23. The number of carbonyl (C=O) groups is 1. The number of hydrogen-bond acceptors (Lipinski definition) is 2. The van der Waals surface area contributed by atoms with Crippen molar-refractivity contribution in [1.29, 1.82) is 0 Å². The topological polar surface area (TPSA) is 29.1 Å². The molecule has 0 atom stereocenters. The van der Waals surface area contributed by atoms with Crippen molar-refractivity contribution in [2.45, 2.75) is 19.9 Å². The summed E-state index contributed by atoms with van der Waals surface area (Å²) in [5.74, 6) is 0.154. The molecular weight excluding hydrogens is 162 g/mol. The van der Waals surface area contributed by atoms with Crippen molar-refractivity contribution in [3.63, 3.8) is 0 Å². The van der Waals surface area contributed by atoms with Crippen molar-refractivity contribution in [3.05, 3.63) is 34.9 Å². The maximum Gasteiger partial charge on any atom is 0.159 e. The van der Waals surface area contributed by atoms with Crippen LogP contribution in [0.1, 0.15) is 28.4 Å². The van der Waals surface area contributed by atoms with Crippen LogP contribution in [0.3, 0.4) is 0 Å². The van der Waals surface area contributed by atoms with Gasteiger partial charge in [-0.25, -0.2) is 0 Å². The van der Waals surface area contributed by atoms with E-state index in [-0.39, 0.29) is 5.78 Å². The number of fused-ring (bicyclic) bond motifs is 1. The lowest BCUT2D eigenvalue weighted by atomic mass is 9.97. The summed E-state index contributed by atoms with van der Waals surface area (Å²) in [4.78, 5) is 11.1. The Morgan fingerprint density at radius 1 is 1.38 bits per heavy atom. The van der Waals surface area contributed by atoms with E-state index in [0.29, 0.717) is 0 Å². The third kappa shape index (κ3) is 1.63. The first kappa shape index (κ1) is 8.45. The Morgan fingerprint density at radius 2 is 2.23 bits per heavy atom. The second-order valence-corrected chi connectivity index (χ2v) is 3.47. The van der Waals surface area contributed by atoms with Gasteiger partial charge in [-0.2, -0.15) is 0 Å². The number of ketones is 1. The van der Waals surface area contributed by atoms with E-state index in [0.717, 1.165) is 25.1 Å². The quantitative estimate of drug-likeness (QED) is 0.656. The summed E-state index contributed by atoms with van der Waals surface area (Å²) < 4.78 is 0. The van der Waals surface area contributed by atoms with Gasteiger partial charge in [0.05, 0.1) is 0 Å². The molecule has 13 heavy (non-hydrogen) atoms. The Kier molecular flexibility index (Phi) is 2.15. The minimum Gasteiger partial charge on any atom is -0.312 e. The standard InChI is InChI=1S/C11H13NO/c1-8(13)9-2-3-11-7-12-5-4-10(11)6-9/h2-3,6,12H,4-5,7H2,1H3. The highest BCUT2D eigenvalue weighted by Gasteiger charge is 2.09. The number of Topliss-reactive ketones (excluding diaryl/α,β-unsaturated/α-hetero) is 1. The highest BCUT2D eigenvalue weighted by molar-refractivity contribution is 5.94. The summed E-state index contributed by atoms with van der Waals surface area (Å²) in [5.41, 5.74) is 3.49. The Hall–Kier alpha value is -1.15. The van der Waals surface area contributed by atoms with Gasteiger partial charge in [0, 0.05) is 12.1 Å². The molecule has 0 aromatic heterocycles. The molecule has 1 heterocycles. The fourth-order valence-electron chi connectivity index (χ4n) is 1.70. The van der Waals surface area contributed by atoms with E-state index in [1.807, 2.05) is 12.1 Å². The molecule has 0 aliphatic carbocycles. The van der Waals surface area contributed by atoms with E-state index < -0.39 is 0 Å². The third-order valence-corrected chi connectivity index (χ3v) is 2.50. The molecule has 0 bridgehead atoms. The third-order valence-electron chi connectivity index (χ3n) is 2.50. The van der Waals surface area contributed by atoms with E-state index >= 15 is 0 Å². The van der Waals surface area contributed by atoms with Crippen molar-refractivity contribution in [2.24, 2.45) is 0 Å². The zero-order valence-corrected chi connectivity index (χ0v) is 7.76. The van der Waals surface area contributed by atoms with E-state index in [2.05, 4.69) is 11.4 Å². The molecule has 1 N–H and O–H groups in total. The molecule has 1 aromatic carbocycles. The van der Waals surface area contributed by atoms with Crippen LogP contribution in [0.15, 0.2) is 18.2 Å². The Morgan fingerprint density at radius 3 is 3.00 bits per heavy atom. The SMILES string of the molecule is CC(=O)c1ccc2c(c1)CCNC2. The fraction of sp³-hybridized carbons (Fsp3) is 0.364. The molecule has 0 amide bonds. The minimum atomic E-state index is 0.154. The monoisotopic (exact) mass is 175 g/mol. The molecule has 0 saturated carbocycles. The zero-order valence-electron chi connectivity index (χ0n) is 7.76. The van der Waals surface area contributed by atoms with Crippen LogP contribution in [0.25, 0.3) is 0 Å². The van der Waals surface area contributed by atoms with Crippen molar-refractivity contribution in [2.75, 3.05) is 6.54 Å². The van der Waals surface area contributed by atoms with Crippen molar-refractivity contribution in [1.82, 2.24) is 5.32 Å². The fourth-order valence-corrected chi connectivity index (χ4v) is 1.70. The van der Waals surface area contributed by atoms with Gasteiger partial charge in [-0.1, -0.05) is 12.1 Å². The molecule has 0 radical (unpaired) electrons. The molecule has 1 aromatic rings. The average molecular weight is 175 g/mol. The first-order valence-electron chi connectivity index (χ1n) is 4.61. The Balaban J connectivity index is 2.40. The summed E-state index contributed by atoms with van der Waals surface area (Å²) in [6.45, 7) is 3.57. The molecule has 1 aliphatic heterocycles. The van der Waals surface area contributed by atoms with Crippen molar-refractivity contribution < 1.29 is 4.79 Å². The predicted molar refractivity (Wildman–Crippen MR) is 51.9 cm³/mol. The van der Waals surface area contributed by atoms with Gasteiger partial charge in [-0.15, -0.1) is 0 Å². The summed E-state index contributed by atoms with van der Waals surface area (Å²) in [7, 11) is 0. The van der Waals surface area contributed by atoms with Gasteiger partial charge in [0.1, 0.15) is 0 Å². The molecule has 2 heteroatoms. The molecular formula is C11H13NO. The highest BCUT2D eigenvalue weighted by Crippen LogP contribution is 2.15. The van der Waals surface area contributed by atoms with Crippen molar-refractivity contribution >= 4 is 5.78 Å². The van der Waals surface area contributed by atoms with Gasteiger partial charge in [-0.05, 0) is 37.1 Å². The normalized spacial score (nSPS) is 15.2. The minimum absolute atomic E-state index is 0.154. The van der Waals surface area contributed by atoms with E-state index in [1.165, 1.54) is 11.1 Å². The Bertz CT molecular complexity index is 344. The van der Waals surface area contributed by atoms with E-state index in [9.17, 15) is 4.79 Å². The van der Waals surface area contributed by atoms with Gasteiger partial charge in [-0.3, -0.25) is 4.79 Å². The van der Waals surface area contributed by atoms with E-state index in [4.69, 9.17) is 0 Å². The van der Waals surface area contributed by atoms with Crippen LogP contribution in [0.2, 0.25) is 0 Å². The largest absolute Gasteiger partial charge is 0.312 e. The molecule has 0 saturated heterocycles. The molecule has 0 unspecified atom stereocenters. The van der Waals surface area contributed by atoms with Gasteiger partial charge in [0.15, 0.2) is 5.78 Å². The molecule has 0 spiro atoms. The van der Waals surface area contributed by atoms with Crippen LogP contribution >= 0.6 is 0 Å². The molecule has 2 rings (SSSR count). The Labute approximate surface area is 78.0 Å². The first-order chi connectivity index (χ1) is 6.27. The van der Waals surface area contributed by atoms with Crippen LogP contribution < -0.4 is 5.32 Å². The van der Waals surface area contributed by atoms with Gasteiger partial charge < -0.3 is 5.32 Å². The van der Waals surface area contributed by atoms with Gasteiger partial charge in [0.25, 0.3) is 0 Å². The smallest absolute Gasteiger partial charge is 0.159 e. The average Bonchev–Trinajstić information content (AvgIpc) is 2.17. The molecule has 68 valence electrons. The number of hydrogen-bond donors (Lipinski definition) is 1. The number of rotatable bonds is 1. The summed E-state index contributed by atoms with van der Waals surface area (Å²) in [6.07, 6.45) is 1.04. The second kappa shape index (κ2) is 3.30. The number of nitrogens with one attached hydrogen (secondary N) is 1. The molecule has 0 fully saturated rings. The lowest BCUT2D eigenvalue weighted by molar-refractivity contribution is 0.101.